The second-order valence-electron chi connectivity index (χ2n) is 13.6. The maximum absolute atomic E-state index is 10.4. The van der Waals surface area contributed by atoms with Crippen LogP contribution in [0, 0.1) is 34.5 Å². The topological polar surface area (TPSA) is 35.8 Å². The molecule has 0 aromatic heterocycles. The van der Waals surface area contributed by atoms with Gasteiger partial charge >= 0.3 is 0 Å². The first-order chi connectivity index (χ1) is 19.2. The van der Waals surface area contributed by atoms with Crippen LogP contribution in [-0.4, -0.2) is 16.9 Å². The summed E-state index contributed by atoms with van der Waals surface area (Å²) in [6.45, 7) is 5.12. The summed E-state index contributed by atoms with van der Waals surface area (Å²) in [5.74, 6) is 2.74. The number of nitrogens with zero attached hydrogens (tertiary/aromatic N) is 2. The van der Waals surface area contributed by atoms with Crippen LogP contribution in [-0.2, 0) is 0 Å². The molecular weight excluding hydrogens is 603 g/mol. The average Bonchev–Trinajstić information content (AvgIpc) is 3.52. The second-order valence-corrected chi connectivity index (χ2v) is 15.3. The van der Waals surface area contributed by atoms with Crippen molar-refractivity contribution in [3.05, 3.63) is 74.2 Å². The molecule has 1 N–H and O–H groups in total. The van der Waals surface area contributed by atoms with Gasteiger partial charge in [0.25, 0.3) is 0 Å². The van der Waals surface area contributed by atoms with Crippen molar-refractivity contribution in [3.8, 4) is 0 Å². The lowest BCUT2D eigenvalue weighted by Gasteiger charge is -2.58. The van der Waals surface area contributed by atoms with Crippen LogP contribution in [0.4, 0.5) is 5.69 Å². The fourth-order valence-corrected chi connectivity index (χ4v) is 10.5. The van der Waals surface area contributed by atoms with E-state index in [-0.39, 0.29) is 23.0 Å². The standard InChI is InChI=1S/C34H39BrCl2N2O/c1-33-15-13-22(40)18-21(33)8-9-23-24-10-11-26(34(24,2)16-14-25(23)33)30-19-32(20-7-12-28(36)29(37)17-20)39(38-30)31-6-4-3-5-27(31)35/h3-8,12,17,22-26,32,40H,9-11,13-16,18-19H2,1-2H3/t22-,23-,24-,25-,26+,32?,33-,34-/m0/s1. The van der Waals surface area contributed by atoms with Crippen LogP contribution in [0.5, 0.6) is 0 Å². The van der Waals surface area contributed by atoms with E-state index in [1.54, 1.807) is 5.57 Å². The fourth-order valence-electron chi connectivity index (χ4n) is 9.77. The molecule has 3 saturated carbocycles. The summed E-state index contributed by atoms with van der Waals surface area (Å²) in [6, 6.07) is 14.5. The Balaban J connectivity index is 1.21. The van der Waals surface area contributed by atoms with Crippen LogP contribution in [0.1, 0.15) is 83.2 Å². The Morgan fingerprint density at radius 1 is 0.950 bits per heavy atom. The number of hydrogen-bond donors (Lipinski definition) is 1. The summed E-state index contributed by atoms with van der Waals surface area (Å²) in [5, 5.41) is 19.2. The van der Waals surface area contributed by atoms with E-state index in [2.05, 4.69) is 71.2 Å². The lowest BCUT2D eigenvalue weighted by Crippen LogP contribution is -2.51. The molecule has 1 heterocycles. The molecule has 0 spiro atoms. The summed E-state index contributed by atoms with van der Waals surface area (Å²) >= 11 is 16.6. The van der Waals surface area contributed by atoms with Gasteiger partial charge in [-0.3, -0.25) is 5.01 Å². The summed E-state index contributed by atoms with van der Waals surface area (Å²) in [4.78, 5) is 0. The Morgan fingerprint density at radius 2 is 1.77 bits per heavy atom. The zero-order valence-corrected chi connectivity index (χ0v) is 26.5. The third-order valence-electron chi connectivity index (χ3n) is 11.8. The van der Waals surface area contributed by atoms with E-state index >= 15 is 0 Å². The highest BCUT2D eigenvalue weighted by molar-refractivity contribution is 9.10. The van der Waals surface area contributed by atoms with Gasteiger partial charge in [-0.25, -0.2) is 0 Å². The number of benzene rings is 2. The van der Waals surface area contributed by atoms with Gasteiger partial charge in [0.1, 0.15) is 0 Å². The highest BCUT2D eigenvalue weighted by atomic mass is 79.9. The van der Waals surface area contributed by atoms with Crippen LogP contribution in [0.25, 0.3) is 0 Å². The number of aliphatic hydroxyl groups is 1. The summed E-state index contributed by atoms with van der Waals surface area (Å²) in [6.07, 6.45) is 12.6. The molecule has 3 nitrogen and oxygen atoms in total. The number of allylic oxidation sites excluding steroid dienone is 1. The van der Waals surface area contributed by atoms with Gasteiger partial charge in [-0.05, 0) is 126 Å². The molecule has 2 aromatic carbocycles. The van der Waals surface area contributed by atoms with E-state index in [9.17, 15) is 5.11 Å². The highest BCUT2D eigenvalue weighted by Crippen LogP contribution is 2.67. The van der Waals surface area contributed by atoms with Crippen molar-refractivity contribution in [3.63, 3.8) is 0 Å². The van der Waals surface area contributed by atoms with E-state index in [1.807, 2.05) is 12.1 Å². The van der Waals surface area contributed by atoms with E-state index in [0.717, 1.165) is 59.2 Å². The molecule has 212 valence electrons. The smallest absolute Gasteiger partial charge is 0.0829 e. The number of hydrazone groups is 1. The van der Waals surface area contributed by atoms with Gasteiger partial charge in [0.05, 0.1) is 27.9 Å². The van der Waals surface area contributed by atoms with E-state index in [4.69, 9.17) is 28.3 Å². The molecule has 0 bridgehead atoms. The minimum atomic E-state index is -0.142. The SMILES string of the molecule is C[C@]12CC[C@H]3[C@@H](CC=C4C[C@@H](O)CC[C@@]43C)[C@@H]1CC[C@@H]2C1=NN(c2ccccc2Br)C(c2ccc(Cl)c(Cl)c2)C1. The van der Waals surface area contributed by atoms with E-state index in [0.29, 0.717) is 16.0 Å². The molecule has 5 aliphatic rings. The van der Waals surface area contributed by atoms with Gasteiger partial charge in [0, 0.05) is 22.5 Å². The maximum Gasteiger partial charge on any atom is 0.0829 e. The first kappa shape index (κ1) is 27.5. The summed E-state index contributed by atoms with van der Waals surface area (Å²) in [5.41, 5.74) is 5.72. The third kappa shape index (κ3) is 4.26. The Labute approximate surface area is 257 Å². The Kier molecular flexibility index (Phi) is 6.97. The van der Waals surface area contributed by atoms with Crippen molar-refractivity contribution in [2.75, 3.05) is 5.01 Å². The van der Waals surface area contributed by atoms with Crippen LogP contribution in [0.3, 0.4) is 0 Å². The number of anilines is 1. The van der Waals surface area contributed by atoms with E-state index < -0.39 is 0 Å². The average molecular weight is 643 g/mol. The predicted octanol–water partition coefficient (Wildman–Crippen LogP) is 10.0. The van der Waals surface area contributed by atoms with Crippen molar-refractivity contribution in [1.29, 1.82) is 0 Å². The number of para-hydroxylation sites is 1. The Bertz CT molecular complexity index is 1390. The summed E-state index contributed by atoms with van der Waals surface area (Å²) in [7, 11) is 0. The van der Waals surface area contributed by atoms with Crippen LogP contribution >= 0.6 is 39.1 Å². The number of aliphatic hydroxyl groups excluding tert-OH is 1. The lowest BCUT2D eigenvalue weighted by atomic mass is 9.47. The number of fused-ring (bicyclic) bond motifs is 5. The van der Waals surface area contributed by atoms with Gasteiger partial charge in [0.2, 0.25) is 0 Å². The van der Waals surface area contributed by atoms with Crippen LogP contribution in [0.2, 0.25) is 10.0 Å². The summed E-state index contributed by atoms with van der Waals surface area (Å²) < 4.78 is 1.05. The first-order valence-electron chi connectivity index (χ1n) is 15.1. The molecular formula is C34H39BrCl2N2O. The fraction of sp³-hybridized carbons (Fsp3) is 0.559. The largest absolute Gasteiger partial charge is 0.393 e. The molecule has 0 saturated heterocycles. The van der Waals surface area contributed by atoms with Gasteiger partial charge in [-0.15, -0.1) is 0 Å². The maximum atomic E-state index is 10.4. The van der Waals surface area contributed by atoms with Gasteiger partial charge < -0.3 is 5.11 Å². The molecule has 2 aromatic rings. The van der Waals surface area contributed by atoms with Crippen LogP contribution < -0.4 is 5.01 Å². The molecule has 7 rings (SSSR count). The number of halogens is 3. The molecule has 40 heavy (non-hydrogen) atoms. The second kappa shape index (κ2) is 10.1. The lowest BCUT2D eigenvalue weighted by molar-refractivity contribution is -0.0424. The molecule has 8 atom stereocenters. The van der Waals surface area contributed by atoms with Crippen molar-refractivity contribution in [2.24, 2.45) is 39.6 Å². The molecule has 1 unspecified atom stereocenters. The quantitative estimate of drug-likeness (QED) is 0.339. The predicted molar refractivity (Wildman–Crippen MR) is 169 cm³/mol. The Hall–Kier alpha value is -1.33. The highest BCUT2D eigenvalue weighted by Gasteiger charge is 2.59. The Morgan fingerprint density at radius 3 is 2.58 bits per heavy atom. The van der Waals surface area contributed by atoms with Crippen molar-refractivity contribution < 1.29 is 5.11 Å². The van der Waals surface area contributed by atoms with Crippen molar-refractivity contribution >= 4 is 50.5 Å². The minimum Gasteiger partial charge on any atom is -0.393 e. The molecule has 3 fully saturated rings. The zero-order valence-electron chi connectivity index (χ0n) is 23.4. The molecule has 1 aliphatic heterocycles. The van der Waals surface area contributed by atoms with Crippen molar-refractivity contribution in [2.45, 2.75) is 83.8 Å². The zero-order chi connectivity index (χ0) is 27.8. The molecule has 4 aliphatic carbocycles. The van der Waals surface area contributed by atoms with Gasteiger partial charge in [0.15, 0.2) is 0 Å². The first-order valence-corrected chi connectivity index (χ1v) is 16.7. The number of hydrogen-bond acceptors (Lipinski definition) is 3. The van der Waals surface area contributed by atoms with Gasteiger partial charge in [-0.1, -0.05) is 66.9 Å². The molecule has 6 heteroatoms. The van der Waals surface area contributed by atoms with Crippen LogP contribution in [0.15, 0.2) is 63.7 Å². The molecule has 0 amide bonds. The van der Waals surface area contributed by atoms with E-state index in [1.165, 1.54) is 37.8 Å². The molecule has 0 radical (unpaired) electrons. The third-order valence-corrected chi connectivity index (χ3v) is 13.3. The number of rotatable bonds is 3. The monoisotopic (exact) mass is 640 g/mol. The van der Waals surface area contributed by atoms with Crippen molar-refractivity contribution in [1.82, 2.24) is 0 Å². The minimum absolute atomic E-state index is 0.0928. The van der Waals surface area contributed by atoms with Gasteiger partial charge in [-0.2, -0.15) is 5.10 Å². The normalized spacial score (nSPS) is 38.8.